The summed E-state index contributed by atoms with van der Waals surface area (Å²) in [7, 11) is 1.81. The summed E-state index contributed by atoms with van der Waals surface area (Å²) >= 11 is 0. The van der Waals surface area contributed by atoms with E-state index in [0.717, 1.165) is 31.1 Å². The Morgan fingerprint density at radius 1 is 1.24 bits per heavy atom. The van der Waals surface area contributed by atoms with Crippen LogP contribution in [0.25, 0.3) is 0 Å². The van der Waals surface area contributed by atoms with Crippen molar-refractivity contribution in [3.63, 3.8) is 0 Å². The highest BCUT2D eigenvalue weighted by Crippen LogP contribution is 2.31. The van der Waals surface area contributed by atoms with Gasteiger partial charge >= 0.3 is 0 Å². The average molecular weight is 294 g/mol. The van der Waals surface area contributed by atoms with Gasteiger partial charge in [-0.25, -0.2) is 0 Å². The summed E-state index contributed by atoms with van der Waals surface area (Å²) in [6, 6.07) is 0.516. The highest BCUT2D eigenvalue weighted by molar-refractivity contribution is 5.80. The van der Waals surface area contributed by atoms with Gasteiger partial charge in [0.2, 0.25) is 0 Å². The number of guanidine groups is 1. The number of nitrogens with zero attached hydrogens (tertiary/aromatic N) is 2. The van der Waals surface area contributed by atoms with Crippen LogP contribution in [0.15, 0.2) is 4.99 Å². The van der Waals surface area contributed by atoms with E-state index in [2.05, 4.69) is 20.5 Å². The number of hydrogen-bond donors (Lipinski definition) is 3. The van der Waals surface area contributed by atoms with Crippen molar-refractivity contribution in [3.8, 4) is 0 Å². The van der Waals surface area contributed by atoms with E-state index < -0.39 is 5.60 Å². The molecular weight excluding hydrogens is 264 g/mol. The molecule has 0 atom stereocenters. The zero-order valence-corrected chi connectivity index (χ0v) is 13.3. The van der Waals surface area contributed by atoms with Crippen LogP contribution in [0.3, 0.4) is 0 Å². The van der Waals surface area contributed by atoms with E-state index in [-0.39, 0.29) is 0 Å². The van der Waals surface area contributed by atoms with Crippen LogP contribution in [-0.4, -0.2) is 60.8 Å². The lowest BCUT2D eigenvalue weighted by Gasteiger charge is -2.37. The molecule has 0 aromatic rings. The number of likely N-dealkylation sites (tertiary alicyclic amines) is 1. The van der Waals surface area contributed by atoms with Gasteiger partial charge in [0, 0.05) is 39.3 Å². The molecule has 3 fully saturated rings. The third kappa shape index (κ3) is 4.33. The molecule has 0 spiro atoms. The second kappa shape index (κ2) is 6.53. The zero-order valence-electron chi connectivity index (χ0n) is 13.3. The highest BCUT2D eigenvalue weighted by Gasteiger charge is 2.34. The Hall–Kier alpha value is -0.810. The van der Waals surface area contributed by atoms with Gasteiger partial charge in [-0.3, -0.25) is 4.99 Å². The first-order valence-corrected chi connectivity index (χ1v) is 8.59. The lowest BCUT2D eigenvalue weighted by molar-refractivity contribution is -0.0279. The van der Waals surface area contributed by atoms with E-state index in [4.69, 9.17) is 0 Å². The molecule has 3 aliphatic rings. The van der Waals surface area contributed by atoms with Gasteiger partial charge in [-0.1, -0.05) is 0 Å². The molecule has 120 valence electrons. The number of piperidine rings is 1. The summed E-state index contributed by atoms with van der Waals surface area (Å²) in [5.41, 5.74) is -0.495. The maximum Gasteiger partial charge on any atom is 0.191 e. The fourth-order valence-corrected chi connectivity index (χ4v) is 3.32. The van der Waals surface area contributed by atoms with Crippen LogP contribution < -0.4 is 10.6 Å². The standard InChI is InChI=1S/C16H30N4O/c1-17-15(18-12-16(21)7-2-8-16)19-14-5-9-20(10-6-14)11-13-3-4-13/h13-14,21H,2-12H2,1H3,(H2,17,18,19). The van der Waals surface area contributed by atoms with Crippen LogP contribution in [0.4, 0.5) is 0 Å². The number of rotatable bonds is 5. The van der Waals surface area contributed by atoms with Crippen molar-refractivity contribution in [2.45, 2.75) is 56.6 Å². The van der Waals surface area contributed by atoms with Gasteiger partial charge in [0.25, 0.3) is 0 Å². The van der Waals surface area contributed by atoms with E-state index in [1.165, 1.54) is 45.3 Å². The van der Waals surface area contributed by atoms with Crippen molar-refractivity contribution < 1.29 is 5.11 Å². The molecule has 3 N–H and O–H groups in total. The van der Waals surface area contributed by atoms with Crippen molar-refractivity contribution in [2.24, 2.45) is 10.9 Å². The van der Waals surface area contributed by atoms with E-state index in [9.17, 15) is 5.11 Å². The minimum Gasteiger partial charge on any atom is -0.388 e. The SMILES string of the molecule is CN=C(NCC1(O)CCC1)NC1CCN(CC2CC2)CC1. The van der Waals surface area contributed by atoms with Crippen LogP contribution >= 0.6 is 0 Å². The Morgan fingerprint density at radius 2 is 1.95 bits per heavy atom. The largest absolute Gasteiger partial charge is 0.388 e. The van der Waals surface area contributed by atoms with Crippen LogP contribution in [0.1, 0.15) is 44.9 Å². The summed E-state index contributed by atoms with van der Waals surface area (Å²) in [6.45, 7) is 4.34. The molecule has 0 radical (unpaired) electrons. The van der Waals surface area contributed by atoms with Gasteiger partial charge < -0.3 is 20.6 Å². The van der Waals surface area contributed by atoms with Gasteiger partial charge in [-0.15, -0.1) is 0 Å². The average Bonchev–Trinajstić information content (AvgIpc) is 3.27. The summed E-state index contributed by atoms with van der Waals surface area (Å²) in [6.07, 6.45) is 8.24. The molecule has 0 aromatic carbocycles. The molecule has 0 unspecified atom stereocenters. The van der Waals surface area contributed by atoms with E-state index >= 15 is 0 Å². The third-order valence-electron chi connectivity index (χ3n) is 5.23. The zero-order chi connectivity index (χ0) is 14.7. The molecule has 1 aliphatic heterocycles. The summed E-state index contributed by atoms with van der Waals surface area (Å²) in [5.74, 6) is 1.84. The molecule has 0 bridgehead atoms. The maximum absolute atomic E-state index is 10.1. The number of aliphatic hydroxyl groups is 1. The first-order valence-electron chi connectivity index (χ1n) is 8.59. The molecule has 21 heavy (non-hydrogen) atoms. The lowest BCUT2D eigenvalue weighted by atomic mass is 9.80. The summed E-state index contributed by atoms with van der Waals surface area (Å²) < 4.78 is 0. The summed E-state index contributed by atoms with van der Waals surface area (Å²) in [4.78, 5) is 6.90. The predicted octanol–water partition coefficient (Wildman–Crippen LogP) is 0.941. The minimum absolute atomic E-state index is 0.495. The first kappa shape index (κ1) is 15.1. The van der Waals surface area contributed by atoms with E-state index in [1.807, 2.05) is 7.05 Å². The fraction of sp³-hybridized carbons (Fsp3) is 0.938. The van der Waals surface area contributed by atoms with Crippen LogP contribution in [0.5, 0.6) is 0 Å². The third-order valence-corrected chi connectivity index (χ3v) is 5.23. The fourth-order valence-electron chi connectivity index (χ4n) is 3.32. The monoisotopic (exact) mass is 294 g/mol. The van der Waals surface area contributed by atoms with Gasteiger partial charge in [-0.05, 0) is 50.9 Å². The van der Waals surface area contributed by atoms with Crippen LogP contribution in [-0.2, 0) is 0 Å². The molecular formula is C16H30N4O. The van der Waals surface area contributed by atoms with Crippen LogP contribution in [0.2, 0.25) is 0 Å². The Morgan fingerprint density at radius 3 is 2.48 bits per heavy atom. The molecule has 0 amide bonds. The Balaban J connectivity index is 1.36. The number of hydrogen-bond acceptors (Lipinski definition) is 3. The number of nitrogens with one attached hydrogen (secondary N) is 2. The highest BCUT2D eigenvalue weighted by atomic mass is 16.3. The van der Waals surface area contributed by atoms with Crippen LogP contribution in [0, 0.1) is 5.92 Å². The second-order valence-electron chi connectivity index (χ2n) is 7.17. The Labute approximate surface area is 128 Å². The normalized spacial score (nSPS) is 27.2. The topological polar surface area (TPSA) is 59.9 Å². The number of aliphatic imine (C=N–C) groups is 1. The van der Waals surface area contributed by atoms with Gasteiger partial charge in [-0.2, -0.15) is 0 Å². The van der Waals surface area contributed by atoms with Crippen molar-refractivity contribution in [1.82, 2.24) is 15.5 Å². The molecule has 5 heteroatoms. The van der Waals surface area contributed by atoms with Crippen molar-refractivity contribution in [2.75, 3.05) is 33.2 Å². The van der Waals surface area contributed by atoms with Crippen molar-refractivity contribution >= 4 is 5.96 Å². The first-order chi connectivity index (χ1) is 10.2. The molecule has 1 heterocycles. The molecule has 2 aliphatic carbocycles. The lowest BCUT2D eigenvalue weighted by Crippen LogP contribution is -2.53. The smallest absolute Gasteiger partial charge is 0.191 e. The second-order valence-corrected chi connectivity index (χ2v) is 7.17. The summed E-state index contributed by atoms with van der Waals surface area (Å²) in [5, 5.41) is 16.9. The van der Waals surface area contributed by atoms with Gasteiger partial charge in [0.15, 0.2) is 5.96 Å². The quantitative estimate of drug-likeness (QED) is 0.522. The molecule has 5 nitrogen and oxygen atoms in total. The van der Waals surface area contributed by atoms with Crippen molar-refractivity contribution in [3.05, 3.63) is 0 Å². The molecule has 3 rings (SSSR count). The maximum atomic E-state index is 10.1. The minimum atomic E-state index is -0.495. The van der Waals surface area contributed by atoms with Crippen molar-refractivity contribution in [1.29, 1.82) is 0 Å². The molecule has 2 saturated carbocycles. The van der Waals surface area contributed by atoms with Gasteiger partial charge in [0.1, 0.15) is 0 Å². The van der Waals surface area contributed by atoms with E-state index in [1.54, 1.807) is 0 Å². The predicted molar refractivity (Wildman–Crippen MR) is 85.5 cm³/mol. The Bertz CT molecular complexity index is 368. The van der Waals surface area contributed by atoms with Gasteiger partial charge in [0.05, 0.1) is 5.60 Å². The molecule has 0 aromatic heterocycles. The molecule has 1 saturated heterocycles. The Kier molecular flexibility index (Phi) is 4.69. The van der Waals surface area contributed by atoms with E-state index in [0.29, 0.717) is 12.6 Å².